The van der Waals surface area contributed by atoms with E-state index < -0.39 is 0 Å². The van der Waals surface area contributed by atoms with E-state index in [1.54, 1.807) is 0 Å². The summed E-state index contributed by atoms with van der Waals surface area (Å²) in [6.45, 7) is 0. The van der Waals surface area contributed by atoms with Gasteiger partial charge in [-0.3, -0.25) is 0 Å². The summed E-state index contributed by atoms with van der Waals surface area (Å²) in [5.74, 6) is 0. The number of hydrogen-bond acceptors (Lipinski definition) is 1. The summed E-state index contributed by atoms with van der Waals surface area (Å²) in [6.07, 6.45) is 0. The summed E-state index contributed by atoms with van der Waals surface area (Å²) < 4.78 is 4.81. The number of nitrogens with zero attached hydrogens (tertiary/aromatic N) is 3. The third-order valence-corrected chi connectivity index (χ3v) is 14.0. The molecule has 0 radical (unpaired) electrons. The minimum atomic E-state index is 0.610. The van der Waals surface area contributed by atoms with Crippen LogP contribution in [-0.4, -0.2) is 9.13 Å². The van der Waals surface area contributed by atoms with E-state index >= 15 is 0 Å². The molecule has 13 aromatic rings. The van der Waals surface area contributed by atoms with Crippen molar-refractivity contribution in [2.24, 2.45) is 0 Å². The second-order valence-electron chi connectivity index (χ2n) is 17.9. The van der Waals surface area contributed by atoms with Gasteiger partial charge in [0.05, 0.1) is 39.0 Å². The Bertz CT molecular complexity index is 3670. The summed E-state index contributed by atoms with van der Waals surface area (Å²) in [6, 6.07) is 96.0. The van der Waals surface area contributed by atoms with Crippen molar-refractivity contribution in [3.8, 4) is 84.2 Å². The third kappa shape index (κ3) is 6.81. The van der Waals surface area contributed by atoms with Crippen LogP contribution in [0.15, 0.2) is 261 Å². The number of benzene rings is 11. The van der Waals surface area contributed by atoms with Gasteiger partial charge in [0.15, 0.2) is 0 Å². The molecule has 0 saturated heterocycles. The van der Waals surface area contributed by atoms with Gasteiger partial charge in [-0.1, -0.05) is 206 Å². The Morgan fingerprint density at radius 2 is 0.486 bits per heavy atom. The molecule has 0 bridgehead atoms. The lowest BCUT2D eigenvalue weighted by atomic mass is 9.89. The Morgan fingerprint density at radius 1 is 0.243 bits per heavy atom. The highest BCUT2D eigenvalue weighted by Gasteiger charge is 2.27. The number of rotatable bonds is 8. The number of aromatic nitrogens is 2. The predicted octanol–water partition coefficient (Wildman–Crippen LogP) is 17.8. The summed E-state index contributed by atoms with van der Waals surface area (Å²) in [7, 11) is 0. The topological polar surface area (TPSA) is 33.6 Å². The Balaban J connectivity index is 1.18. The van der Waals surface area contributed by atoms with E-state index in [-0.39, 0.29) is 0 Å². The minimum Gasteiger partial charge on any atom is -0.308 e. The molecule has 0 amide bonds. The van der Waals surface area contributed by atoms with Crippen LogP contribution in [0.1, 0.15) is 5.56 Å². The zero-order valence-electron chi connectivity index (χ0n) is 38.2. The first kappa shape index (κ1) is 40.8. The molecule has 11 aromatic carbocycles. The van der Waals surface area contributed by atoms with Gasteiger partial charge in [-0.2, -0.15) is 5.26 Å². The standard InChI is InChI=1S/C67H43N3/c68-44-59-66(49-27-15-5-16-28-49)64(69-60-35-31-51(45-19-7-1-8-20-45)39-55(60)56-40-52(32-36-61(56)69)46-21-9-2-10-22-46)43-65(67(59)50-29-17-6-18-30-50)70-62-37-33-53(47-23-11-3-12-24-47)41-57(62)58-42-54(34-38-63(58)70)48-25-13-4-14-26-48/h1-43H. The minimum absolute atomic E-state index is 0.610. The summed E-state index contributed by atoms with van der Waals surface area (Å²) >= 11 is 0. The van der Waals surface area contributed by atoms with Gasteiger partial charge in [-0.15, -0.1) is 0 Å². The lowest BCUT2D eigenvalue weighted by Crippen LogP contribution is -2.07. The van der Waals surface area contributed by atoms with Gasteiger partial charge >= 0.3 is 0 Å². The fourth-order valence-corrected chi connectivity index (χ4v) is 10.7. The lowest BCUT2D eigenvalue weighted by molar-refractivity contribution is 1.13. The van der Waals surface area contributed by atoms with Gasteiger partial charge in [0, 0.05) is 32.7 Å². The molecule has 3 heteroatoms. The molecule has 2 aromatic heterocycles. The Labute approximate surface area is 406 Å². The Hall–Kier alpha value is -9.49. The van der Waals surface area contributed by atoms with Crippen molar-refractivity contribution in [1.29, 1.82) is 5.26 Å². The molecule has 0 aliphatic heterocycles. The van der Waals surface area contributed by atoms with Crippen molar-refractivity contribution in [3.63, 3.8) is 0 Å². The van der Waals surface area contributed by atoms with Crippen molar-refractivity contribution in [1.82, 2.24) is 9.13 Å². The molecular weight excluding hydrogens is 847 g/mol. The second kappa shape index (κ2) is 17.0. The smallest absolute Gasteiger partial charge is 0.101 e. The summed E-state index contributed by atoms with van der Waals surface area (Å²) in [5, 5.41) is 16.5. The van der Waals surface area contributed by atoms with Crippen LogP contribution >= 0.6 is 0 Å². The van der Waals surface area contributed by atoms with Gasteiger partial charge in [0.2, 0.25) is 0 Å². The van der Waals surface area contributed by atoms with Crippen LogP contribution in [0.4, 0.5) is 0 Å². The molecule has 0 fully saturated rings. The predicted molar refractivity (Wildman–Crippen MR) is 292 cm³/mol. The van der Waals surface area contributed by atoms with E-state index in [4.69, 9.17) is 0 Å². The van der Waals surface area contributed by atoms with E-state index in [9.17, 15) is 5.26 Å². The molecular formula is C67H43N3. The van der Waals surface area contributed by atoms with Crippen LogP contribution in [0.25, 0.3) is 122 Å². The highest BCUT2D eigenvalue weighted by molar-refractivity contribution is 6.14. The van der Waals surface area contributed by atoms with Crippen LogP contribution in [0.2, 0.25) is 0 Å². The molecule has 0 unspecified atom stereocenters. The molecule has 0 N–H and O–H groups in total. The fourth-order valence-electron chi connectivity index (χ4n) is 10.7. The first-order chi connectivity index (χ1) is 34.7. The maximum absolute atomic E-state index is 11.9. The molecule has 326 valence electrons. The Kier molecular flexibility index (Phi) is 9.89. The molecule has 0 saturated carbocycles. The van der Waals surface area contributed by atoms with Crippen LogP contribution in [0, 0.1) is 11.3 Å². The van der Waals surface area contributed by atoms with Crippen molar-refractivity contribution < 1.29 is 0 Å². The normalized spacial score (nSPS) is 11.4. The highest BCUT2D eigenvalue weighted by atomic mass is 15.0. The van der Waals surface area contributed by atoms with Crippen LogP contribution in [-0.2, 0) is 0 Å². The zero-order valence-corrected chi connectivity index (χ0v) is 38.2. The molecule has 13 rings (SSSR count). The maximum atomic E-state index is 11.9. The molecule has 0 aliphatic carbocycles. The Morgan fingerprint density at radius 3 is 0.729 bits per heavy atom. The van der Waals surface area contributed by atoms with Gasteiger partial charge < -0.3 is 9.13 Å². The SMILES string of the molecule is N#Cc1c(-c2ccccc2)c(-n2c3ccc(-c4ccccc4)cc3c3cc(-c4ccccc4)ccc32)cc(-n2c3ccc(-c4ccccc4)cc3c3cc(-c4ccccc4)ccc32)c1-c1ccccc1. The van der Waals surface area contributed by atoms with Crippen molar-refractivity contribution >= 4 is 43.6 Å². The number of hydrogen-bond donors (Lipinski definition) is 0. The monoisotopic (exact) mass is 889 g/mol. The van der Waals surface area contributed by atoms with Crippen LogP contribution in [0.3, 0.4) is 0 Å². The van der Waals surface area contributed by atoms with Gasteiger partial charge in [-0.25, -0.2) is 0 Å². The zero-order chi connectivity index (χ0) is 46.5. The lowest BCUT2D eigenvalue weighted by Gasteiger charge is -2.23. The van der Waals surface area contributed by atoms with E-state index in [0.29, 0.717) is 5.56 Å². The molecule has 70 heavy (non-hydrogen) atoms. The van der Waals surface area contributed by atoms with Crippen molar-refractivity contribution in [2.45, 2.75) is 0 Å². The maximum Gasteiger partial charge on any atom is 0.101 e. The van der Waals surface area contributed by atoms with E-state index in [1.165, 1.54) is 0 Å². The van der Waals surface area contributed by atoms with E-state index in [2.05, 4.69) is 264 Å². The van der Waals surface area contributed by atoms with E-state index in [0.717, 1.165) is 122 Å². The first-order valence-corrected chi connectivity index (χ1v) is 23.8. The molecule has 0 atom stereocenters. The molecule has 0 spiro atoms. The summed E-state index contributed by atoms with van der Waals surface area (Å²) in [5.41, 5.74) is 19.6. The second-order valence-corrected chi connectivity index (χ2v) is 17.9. The molecule has 0 aliphatic rings. The largest absolute Gasteiger partial charge is 0.308 e. The van der Waals surface area contributed by atoms with E-state index in [1.807, 2.05) is 12.1 Å². The van der Waals surface area contributed by atoms with Crippen LogP contribution in [0.5, 0.6) is 0 Å². The van der Waals surface area contributed by atoms with Crippen molar-refractivity contribution in [2.75, 3.05) is 0 Å². The average molecular weight is 890 g/mol. The van der Waals surface area contributed by atoms with Crippen LogP contribution < -0.4 is 0 Å². The van der Waals surface area contributed by atoms with Gasteiger partial charge in [0.1, 0.15) is 6.07 Å². The van der Waals surface area contributed by atoms with Gasteiger partial charge in [0.25, 0.3) is 0 Å². The third-order valence-electron chi connectivity index (χ3n) is 14.0. The van der Waals surface area contributed by atoms with Crippen molar-refractivity contribution in [3.05, 3.63) is 266 Å². The number of nitriles is 1. The quantitative estimate of drug-likeness (QED) is 0.150. The molecule has 3 nitrogen and oxygen atoms in total. The fraction of sp³-hybridized carbons (Fsp3) is 0. The summed E-state index contributed by atoms with van der Waals surface area (Å²) in [4.78, 5) is 0. The van der Waals surface area contributed by atoms with Gasteiger partial charge in [-0.05, 0) is 110 Å². The highest BCUT2D eigenvalue weighted by Crippen LogP contribution is 2.47. The average Bonchev–Trinajstić information content (AvgIpc) is 3.95. The first-order valence-electron chi connectivity index (χ1n) is 23.8. The molecule has 2 heterocycles. The number of fused-ring (bicyclic) bond motifs is 6.